The van der Waals surface area contributed by atoms with Gasteiger partial charge in [0.1, 0.15) is 11.6 Å². The molecule has 0 saturated heterocycles. The zero-order valence-electron chi connectivity index (χ0n) is 11.4. The molecule has 0 saturated carbocycles. The average Bonchev–Trinajstić information content (AvgIpc) is 2.81. The predicted octanol–water partition coefficient (Wildman–Crippen LogP) is 4.84. The number of hydrogen-bond donors (Lipinski definition) is 1. The molecule has 0 radical (unpaired) electrons. The van der Waals surface area contributed by atoms with Crippen LogP contribution in [0.1, 0.15) is 43.1 Å². The van der Waals surface area contributed by atoms with Gasteiger partial charge >= 0.3 is 0 Å². The molecule has 1 aromatic carbocycles. The Balaban J connectivity index is 2.20. The maximum Gasteiger partial charge on any atom is 0.211 e. The maximum absolute atomic E-state index is 13.5. The number of aromatic nitrogens is 1. The van der Waals surface area contributed by atoms with Gasteiger partial charge in [0.05, 0.1) is 17.3 Å². The molecule has 20 heavy (non-hydrogen) atoms. The third-order valence-electron chi connectivity index (χ3n) is 3.02. The zero-order valence-corrected chi connectivity index (χ0v) is 12.9. The van der Waals surface area contributed by atoms with Crippen LogP contribution >= 0.6 is 23.2 Å². The number of aryl methyl sites for hydroxylation is 1. The van der Waals surface area contributed by atoms with Crippen LogP contribution in [0.3, 0.4) is 0 Å². The lowest BCUT2D eigenvalue weighted by molar-refractivity contribution is 0.380. The van der Waals surface area contributed by atoms with E-state index in [0.717, 1.165) is 5.76 Å². The summed E-state index contributed by atoms with van der Waals surface area (Å²) < 4.78 is 19.0. The summed E-state index contributed by atoms with van der Waals surface area (Å²) in [4.78, 5) is 4.16. The number of halogens is 3. The summed E-state index contributed by atoms with van der Waals surface area (Å²) >= 11 is 12.1. The molecule has 0 aliphatic carbocycles. The van der Waals surface area contributed by atoms with E-state index < -0.39 is 5.82 Å². The number of rotatable bonds is 4. The summed E-state index contributed by atoms with van der Waals surface area (Å²) in [6.07, 6.45) is 1.65. The van der Waals surface area contributed by atoms with Crippen LogP contribution in [0.15, 0.2) is 22.7 Å². The zero-order chi connectivity index (χ0) is 14.9. The van der Waals surface area contributed by atoms with Crippen molar-refractivity contribution < 1.29 is 8.81 Å². The molecule has 0 bridgehead atoms. The molecule has 0 aliphatic rings. The maximum atomic E-state index is 13.5. The van der Waals surface area contributed by atoms with Crippen LogP contribution in [-0.4, -0.2) is 4.98 Å². The van der Waals surface area contributed by atoms with Crippen molar-refractivity contribution in [1.29, 1.82) is 0 Å². The van der Waals surface area contributed by atoms with Gasteiger partial charge in [-0.1, -0.05) is 23.2 Å². The van der Waals surface area contributed by atoms with Crippen LogP contribution in [0.2, 0.25) is 10.0 Å². The highest BCUT2D eigenvalue weighted by Gasteiger charge is 2.20. The van der Waals surface area contributed by atoms with Gasteiger partial charge in [0.25, 0.3) is 0 Å². The Morgan fingerprint density at radius 3 is 2.55 bits per heavy atom. The van der Waals surface area contributed by atoms with Crippen molar-refractivity contribution in [2.24, 2.45) is 0 Å². The van der Waals surface area contributed by atoms with E-state index in [9.17, 15) is 4.39 Å². The number of oxazole rings is 1. The minimum absolute atomic E-state index is 0.0354. The number of benzene rings is 1. The molecule has 1 N–H and O–H groups in total. The first-order chi connectivity index (χ1) is 9.40. The SMILES string of the molecule is Cc1cnc(C(C)NC(C)c2c(Cl)ccc(F)c2Cl)o1. The van der Waals surface area contributed by atoms with Crippen molar-refractivity contribution in [1.82, 2.24) is 10.3 Å². The summed E-state index contributed by atoms with van der Waals surface area (Å²) in [7, 11) is 0. The minimum Gasteiger partial charge on any atom is -0.444 e. The van der Waals surface area contributed by atoms with Crippen molar-refractivity contribution >= 4 is 23.2 Å². The molecule has 1 aromatic heterocycles. The molecule has 1 heterocycles. The van der Waals surface area contributed by atoms with E-state index in [0.29, 0.717) is 16.5 Å². The molecular formula is C14H15Cl2FN2O. The summed E-state index contributed by atoms with van der Waals surface area (Å²) in [6.45, 7) is 5.59. The topological polar surface area (TPSA) is 38.1 Å². The largest absolute Gasteiger partial charge is 0.444 e. The molecule has 0 amide bonds. The van der Waals surface area contributed by atoms with Crippen molar-refractivity contribution in [3.8, 4) is 0 Å². The second-order valence-corrected chi connectivity index (χ2v) is 5.46. The van der Waals surface area contributed by atoms with Crippen molar-refractivity contribution in [3.63, 3.8) is 0 Å². The minimum atomic E-state index is -0.487. The van der Waals surface area contributed by atoms with Gasteiger partial charge in [-0.25, -0.2) is 9.37 Å². The van der Waals surface area contributed by atoms with Crippen LogP contribution in [0.4, 0.5) is 4.39 Å². The fourth-order valence-electron chi connectivity index (χ4n) is 2.04. The van der Waals surface area contributed by atoms with Gasteiger partial charge in [-0.05, 0) is 32.9 Å². The Kier molecular flexibility index (Phi) is 4.68. The van der Waals surface area contributed by atoms with Crippen LogP contribution in [0, 0.1) is 12.7 Å². The second-order valence-electron chi connectivity index (χ2n) is 4.68. The van der Waals surface area contributed by atoms with E-state index >= 15 is 0 Å². The van der Waals surface area contributed by atoms with Crippen LogP contribution < -0.4 is 5.32 Å². The molecule has 2 unspecified atom stereocenters. The molecule has 6 heteroatoms. The second kappa shape index (κ2) is 6.12. The summed E-state index contributed by atoms with van der Waals surface area (Å²) in [5.41, 5.74) is 0.531. The Labute approximate surface area is 127 Å². The summed E-state index contributed by atoms with van der Waals surface area (Å²) in [6, 6.07) is 2.36. The fraction of sp³-hybridized carbons (Fsp3) is 0.357. The highest BCUT2D eigenvalue weighted by atomic mass is 35.5. The molecule has 2 atom stereocenters. The third kappa shape index (κ3) is 3.14. The predicted molar refractivity (Wildman–Crippen MR) is 77.6 cm³/mol. The highest BCUT2D eigenvalue weighted by molar-refractivity contribution is 6.36. The highest BCUT2D eigenvalue weighted by Crippen LogP contribution is 2.33. The lowest BCUT2D eigenvalue weighted by atomic mass is 10.1. The quantitative estimate of drug-likeness (QED) is 0.820. The molecule has 0 aliphatic heterocycles. The smallest absolute Gasteiger partial charge is 0.211 e. The fourth-order valence-corrected chi connectivity index (χ4v) is 2.74. The van der Waals surface area contributed by atoms with Gasteiger partial charge in [0.15, 0.2) is 0 Å². The normalized spacial score (nSPS) is 14.3. The molecule has 0 spiro atoms. The van der Waals surface area contributed by atoms with Crippen LogP contribution in [-0.2, 0) is 0 Å². The van der Waals surface area contributed by atoms with Crippen molar-refractivity contribution in [2.75, 3.05) is 0 Å². The first kappa shape index (κ1) is 15.3. The molecule has 108 valence electrons. The Bertz CT molecular complexity index is 615. The monoisotopic (exact) mass is 316 g/mol. The summed E-state index contributed by atoms with van der Waals surface area (Å²) in [5.74, 6) is 0.820. The lowest BCUT2D eigenvalue weighted by Gasteiger charge is -2.20. The van der Waals surface area contributed by atoms with Gasteiger partial charge in [0.2, 0.25) is 5.89 Å². The Morgan fingerprint density at radius 2 is 1.95 bits per heavy atom. The van der Waals surface area contributed by atoms with Gasteiger partial charge in [-0.3, -0.25) is 5.32 Å². The average molecular weight is 317 g/mol. The van der Waals surface area contributed by atoms with E-state index in [1.54, 1.807) is 6.20 Å². The lowest BCUT2D eigenvalue weighted by Crippen LogP contribution is -2.23. The third-order valence-corrected chi connectivity index (χ3v) is 3.74. The first-order valence-corrected chi connectivity index (χ1v) is 6.97. The van der Waals surface area contributed by atoms with Crippen LogP contribution in [0.5, 0.6) is 0 Å². The Morgan fingerprint density at radius 1 is 1.25 bits per heavy atom. The molecule has 2 rings (SSSR count). The molecule has 3 nitrogen and oxygen atoms in total. The van der Waals surface area contributed by atoms with E-state index in [1.165, 1.54) is 12.1 Å². The van der Waals surface area contributed by atoms with Gasteiger partial charge < -0.3 is 4.42 Å². The van der Waals surface area contributed by atoms with E-state index in [2.05, 4.69) is 10.3 Å². The first-order valence-electron chi connectivity index (χ1n) is 6.22. The standard InChI is InChI=1S/C14H15Cl2FN2O/c1-7-6-18-14(20-7)9(3)19-8(2)12-10(15)4-5-11(17)13(12)16/h4-6,8-9,19H,1-3H3. The van der Waals surface area contributed by atoms with Gasteiger partial charge in [-0.15, -0.1) is 0 Å². The number of hydrogen-bond acceptors (Lipinski definition) is 3. The number of nitrogens with zero attached hydrogens (tertiary/aromatic N) is 1. The van der Waals surface area contributed by atoms with E-state index in [-0.39, 0.29) is 17.1 Å². The molecular weight excluding hydrogens is 302 g/mol. The number of nitrogens with one attached hydrogen (secondary N) is 1. The van der Waals surface area contributed by atoms with Crippen LogP contribution in [0.25, 0.3) is 0 Å². The van der Waals surface area contributed by atoms with Crippen molar-refractivity contribution in [2.45, 2.75) is 32.9 Å². The van der Waals surface area contributed by atoms with Crippen molar-refractivity contribution in [3.05, 3.63) is 51.4 Å². The van der Waals surface area contributed by atoms with Gasteiger partial charge in [-0.2, -0.15) is 0 Å². The van der Waals surface area contributed by atoms with Gasteiger partial charge in [0, 0.05) is 16.6 Å². The van der Waals surface area contributed by atoms with E-state index in [4.69, 9.17) is 27.6 Å². The Hall–Kier alpha value is -1.10. The summed E-state index contributed by atoms with van der Waals surface area (Å²) in [5, 5.41) is 3.70. The molecule has 2 aromatic rings. The molecule has 0 fully saturated rings. The van der Waals surface area contributed by atoms with E-state index in [1.807, 2.05) is 20.8 Å².